The Hall–Kier alpha value is -3.46. The largest absolute Gasteiger partial charge is 0.481 e. The molecule has 0 saturated carbocycles. The molecule has 5 rings (SSSR count). The lowest BCUT2D eigenvalue weighted by Gasteiger charge is -2.36. The minimum atomic E-state index is -0.426. The number of aryl methyl sites for hydroxylation is 1. The molecule has 2 fully saturated rings. The highest BCUT2D eigenvalue weighted by molar-refractivity contribution is 5.90. The molecule has 0 spiro atoms. The third kappa shape index (κ3) is 4.28. The second-order valence-electron chi connectivity index (χ2n) is 8.39. The van der Waals surface area contributed by atoms with Crippen LogP contribution in [0.1, 0.15) is 5.56 Å². The van der Waals surface area contributed by atoms with Gasteiger partial charge in [-0.05, 0) is 36.8 Å². The van der Waals surface area contributed by atoms with Crippen LogP contribution >= 0.6 is 0 Å². The first-order valence-corrected chi connectivity index (χ1v) is 11.0. The van der Waals surface area contributed by atoms with Gasteiger partial charge >= 0.3 is 6.09 Å². The van der Waals surface area contributed by atoms with Crippen molar-refractivity contribution in [2.75, 3.05) is 56.2 Å². The van der Waals surface area contributed by atoms with Crippen molar-refractivity contribution in [2.24, 2.45) is 0 Å². The van der Waals surface area contributed by atoms with E-state index in [0.717, 1.165) is 42.9 Å². The third-order valence-corrected chi connectivity index (χ3v) is 6.26. The molecule has 2 aliphatic rings. The first-order valence-electron chi connectivity index (χ1n) is 11.0. The summed E-state index contributed by atoms with van der Waals surface area (Å²) in [5, 5.41) is 0. The maximum absolute atomic E-state index is 13.9. The number of methoxy groups -OCH3 is 1. The number of piperazine rings is 1. The van der Waals surface area contributed by atoms with Crippen LogP contribution in [-0.4, -0.2) is 73.4 Å². The number of amides is 1. The average molecular weight is 452 g/mol. The summed E-state index contributed by atoms with van der Waals surface area (Å²) in [6.45, 7) is 6.08. The van der Waals surface area contributed by atoms with E-state index in [4.69, 9.17) is 9.47 Å². The predicted molar refractivity (Wildman–Crippen MR) is 123 cm³/mol. The van der Waals surface area contributed by atoms with E-state index in [1.807, 2.05) is 18.2 Å². The Balaban J connectivity index is 1.21. The lowest BCUT2D eigenvalue weighted by Crippen LogP contribution is -2.49. The summed E-state index contributed by atoms with van der Waals surface area (Å²) in [7, 11) is 1.61. The summed E-state index contributed by atoms with van der Waals surface area (Å²) in [4.78, 5) is 27.5. The Kier molecular flexibility index (Phi) is 5.72. The van der Waals surface area contributed by atoms with Crippen molar-refractivity contribution in [3.8, 4) is 5.88 Å². The lowest BCUT2D eigenvalue weighted by atomic mass is 10.2. The van der Waals surface area contributed by atoms with Crippen molar-refractivity contribution in [1.82, 2.24) is 14.9 Å². The zero-order valence-corrected chi connectivity index (χ0v) is 18.7. The van der Waals surface area contributed by atoms with Gasteiger partial charge in [0.1, 0.15) is 17.4 Å². The number of hydrogen-bond acceptors (Lipinski definition) is 7. The molecule has 2 saturated heterocycles. The Labute approximate surface area is 191 Å². The highest BCUT2D eigenvalue weighted by atomic mass is 19.1. The standard InChI is InChI=1S/C24H26FN5O3/c1-16-3-4-17(13-19(16)25)30-15-18(33-24(30)31)14-28-9-11-29(12-10-28)21-7-8-26-20-5-6-22(32-2)27-23(20)21/h3-8,13,18H,9-12,14-15H2,1-2H3. The molecular formula is C24H26FN5O3. The number of anilines is 2. The van der Waals surface area contributed by atoms with Gasteiger partial charge in [0, 0.05) is 45.0 Å². The maximum Gasteiger partial charge on any atom is 0.414 e. The number of carbonyl (C=O) groups excluding carboxylic acids is 1. The molecule has 0 radical (unpaired) electrons. The van der Waals surface area contributed by atoms with Crippen molar-refractivity contribution in [3.63, 3.8) is 0 Å². The van der Waals surface area contributed by atoms with Crippen molar-refractivity contribution in [2.45, 2.75) is 13.0 Å². The number of aromatic nitrogens is 2. The molecule has 1 aromatic carbocycles. The first kappa shape index (κ1) is 21.4. The van der Waals surface area contributed by atoms with Gasteiger partial charge in [-0.2, -0.15) is 0 Å². The lowest BCUT2D eigenvalue weighted by molar-refractivity contribution is 0.106. The molecule has 2 aliphatic heterocycles. The fourth-order valence-corrected chi connectivity index (χ4v) is 4.40. The normalized spacial score (nSPS) is 19.2. The van der Waals surface area contributed by atoms with Crippen LogP contribution in [0.25, 0.3) is 11.0 Å². The molecule has 0 bridgehead atoms. The highest BCUT2D eigenvalue weighted by Crippen LogP contribution is 2.28. The molecule has 1 unspecified atom stereocenters. The number of halogens is 1. The van der Waals surface area contributed by atoms with Gasteiger partial charge in [-0.3, -0.25) is 14.8 Å². The number of nitrogens with zero attached hydrogens (tertiary/aromatic N) is 5. The Morgan fingerprint density at radius 3 is 2.73 bits per heavy atom. The van der Waals surface area contributed by atoms with E-state index in [2.05, 4.69) is 19.8 Å². The molecule has 172 valence electrons. The van der Waals surface area contributed by atoms with E-state index in [1.165, 1.54) is 11.0 Å². The smallest absolute Gasteiger partial charge is 0.414 e. The van der Waals surface area contributed by atoms with Crippen molar-refractivity contribution in [3.05, 3.63) is 54.0 Å². The number of cyclic esters (lactones) is 1. The average Bonchev–Trinajstić information content (AvgIpc) is 3.20. The van der Waals surface area contributed by atoms with E-state index < -0.39 is 6.09 Å². The van der Waals surface area contributed by atoms with Gasteiger partial charge in [0.05, 0.1) is 30.5 Å². The second-order valence-corrected chi connectivity index (χ2v) is 8.39. The molecule has 4 heterocycles. The number of benzene rings is 1. The summed E-state index contributed by atoms with van der Waals surface area (Å²) < 4.78 is 24.8. The van der Waals surface area contributed by atoms with E-state index in [1.54, 1.807) is 32.4 Å². The van der Waals surface area contributed by atoms with Crippen molar-refractivity contribution >= 4 is 28.5 Å². The van der Waals surface area contributed by atoms with Crippen LogP contribution in [0, 0.1) is 12.7 Å². The number of carbonyl (C=O) groups is 1. The topological polar surface area (TPSA) is 71.0 Å². The molecule has 9 heteroatoms. The number of pyridine rings is 2. The predicted octanol–water partition coefficient (Wildman–Crippen LogP) is 3.23. The van der Waals surface area contributed by atoms with Crippen LogP contribution in [0.4, 0.5) is 20.6 Å². The van der Waals surface area contributed by atoms with Crippen LogP contribution in [0.3, 0.4) is 0 Å². The summed E-state index contributed by atoms with van der Waals surface area (Å²) in [5.41, 5.74) is 3.79. The van der Waals surface area contributed by atoms with Gasteiger partial charge in [0.15, 0.2) is 0 Å². The van der Waals surface area contributed by atoms with Crippen molar-refractivity contribution < 1.29 is 18.7 Å². The third-order valence-electron chi connectivity index (χ3n) is 6.26. The Bertz CT molecular complexity index is 1180. The molecule has 8 nitrogen and oxygen atoms in total. The monoisotopic (exact) mass is 451 g/mol. The summed E-state index contributed by atoms with van der Waals surface area (Å²) in [5.74, 6) is 0.243. The van der Waals surface area contributed by atoms with Crippen LogP contribution in [0.2, 0.25) is 0 Å². The first-order chi connectivity index (χ1) is 16.0. The molecule has 1 atom stereocenters. The van der Waals surface area contributed by atoms with E-state index in [0.29, 0.717) is 30.2 Å². The van der Waals surface area contributed by atoms with E-state index >= 15 is 0 Å². The van der Waals surface area contributed by atoms with Crippen LogP contribution in [0.5, 0.6) is 5.88 Å². The maximum atomic E-state index is 13.9. The highest BCUT2D eigenvalue weighted by Gasteiger charge is 2.34. The molecule has 3 aromatic rings. The van der Waals surface area contributed by atoms with Gasteiger partial charge in [0.25, 0.3) is 0 Å². The molecule has 2 aromatic heterocycles. The fraction of sp³-hybridized carbons (Fsp3) is 0.375. The van der Waals surface area contributed by atoms with Crippen LogP contribution in [0.15, 0.2) is 42.6 Å². The second kappa shape index (κ2) is 8.82. The van der Waals surface area contributed by atoms with E-state index in [9.17, 15) is 9.18 Å². The number of ether oxygens (including phenoxy) is 2. The SMILES string of the molecule is COc1ccc2nccc(N3CCN(CC4CN(c5ccc(C)c(F)c5)C(=O)O4)CC3)c2n1. The number of rotatable bonds is 5. The molecule has 0 N–H and O–H groups in total. The van der Waals surface area contributed by atoms with E-state index in [-0.39, 0.29) is 11.9 Å². The molecular weight excluding hydrogens is 425 g/mol. The van der Waals surface area contributed by atoms with Gasteiger partial charge in [-0.25, -0.2) is 14.2 Å². The quantitative estimate of drug-likeness (QED) is 0.590. The molecule has 1 amide bonds. The van der Waals surface area contributed by atoms with Gasteiger partial charge in [0.2, 0.25) is 5.88 Å². The molecule has 33 heavy (non-hydrogen) atoms. The zero-order valence-electron chi connectivity index (χ0n) is 18.7. The fourth-order valence-electron chi connectivity index (χ4n) is 4.40. The van der Waals surface area contributed by atoms with Crippen LogP contribution < -0.4 is 14.5 Å². The van der Waals surface area contributed by atoms with Gasteiger partial charge in [-0.1, -0.05) is 6.07 Å². The van der Waals surface area contributed by atoms with Gasteiger partial charge in [-0.15, -0.1) is 0 Å². The van der Waals surface area contributed by atoms with Gasteiger partial charge < -0.3 is 14.4 Å². The minimum Gasteiger partial charge on any atom is -0.481 e. The summed E-state index contributed by atoms with van der Waals surface area (Å²) >= 11 is 0. The van der Waals surface area contributed by atoms with Crippen molar-refractivity contribution in [1.29, 1.82) is 0 Å². The summed E-state index contributed by atoms with van der Waals surface area (Å²) in [6, 6.07) is 10.5. The Morgan fingerprint density at radius 1 is 1.15 bits per heavy atom. The van der Waals surface area contributed by atoms with Crippen LogP contribution in [-0.2, 0) is 4.74 Å². The summed E-state index contributed by atoms with van der Waals surface area (Å²) in [6.07, 6.45) is 1.13. The minimum absolute atomic E-state index is 0.249. The zero-order chi connectivity index (χ0) is 22.9. The Morgan fingerprint density at radius 2 is 1.97 bits per heavy atom. The number of fused-ring (bicyclic) bond motifs is 1. The molecule has 0 aliphatic carbocycles. The number of hydrogen-bond donors (Lipinski definition) is 0.